The Balaban J connectivity index is 2.28. The zero-order valence-corrected chi connectivity index (χ0v) is 13.8. The molecule has 3 rings (SSSR count). The molecule has 0 bridgehead atoms. The smallest absolute Gasteiger partial charge is 0.284 e. The molecule has 6 nitrogen and oxygen atoms in total. The molecule has 23 heavy (non-hydrogen) atoms. The molecular weight excluding hydrogens is 391 g/mol. The van der Waals surface area contributed by atoms with Crippen LogP contribution in [-0.2, 0) is 5.67 Å². The Morgan fingerprint density at radius 2 is 2.17 bits per heavy atom. The minimum atomic E-state index is -2.15. The van der Waals surface area contributed by atoms with Crippen LogP contribution in [0.2, 0.25) is 0 Å². The number of hydrogen-bond acceptors (Lipinski definition) is 5. The molecule has 9 heteroatoms. The quantitative estimate of drug-likeness (QED) is 0.474. The Morgan fingerprint density at radius 3 is 2.83 bits per heavy atom. The number of halogens is 3. The van der Waals surface area contributed by atoms with Crippen molar-refractivity contribution in [1.29, 1.82) is 0 Å². The van der Waals surface area contributed by atoms with Gasteiger partial charge in [-0.1, -0.05) is 0 Å². The molecule has 2 atom stereocenters. The minimum Gasteiger partial charge on any atom is -0.399 e. The molecule has 1 aromatic heterocycles. The number of nitro benzene ring substituents is 1. The summed E-state index contributed by atoms with van der Waals surface area (Å²) in [6, 6.07) is 2.68. The normalized spacial score (nSPS) is 23.8. The van der Waals surface area contributed by atoms with Gasteiger partial charge in [-0.25, -0.2) is 14.4 Å². The Labute approximate surface area is 143 Å². The molecule has 0 saturated heterocycles. The first kappa shape index (κ1) is 15.8. The number of nitro groups is 1. The standard InChI is InChI=1S/C14H9BrClFN4O2/c15-9-5-10-8(4-11(9)21(22)23)13(20-6-19-10)14(17)2-1-7(18)3-12(14)16/h1-6,12H,18H2. The Kier molecular flexibility index (Phi) is 3.81. The van der Waals surface area contributed by atoms with Crippen LogP contribution in [0.1, 0.15) is 5.69 Å². The van der Waals surface area contributed by atoms with Gasteiger partial charge in [0.05, 0.1) is 26.0 Å². The van der Waals surface area contributed by atoms with Crippen LogP contribution < -0.4 is 5.73 Å². The average Bonchev–Trinajstić information content (AvgIpc) is 2.49. The van der Waals surface area contributed by atoms with Gasteiger partial charge >= 0.3 is 0 Å². The maximum Gasteiger partial charge on any atom is 0.284 e. The fourth-order valence-corrected chi connectivity index (χ4v) is 3.17. The monoisotopic (exact) mass is 398 g/mol. The summed E-state index contributed by atoms with van der Waals surface area (Å²) in [5.74, 6) is 0. The molecular formula is C14H9BrClFN4O2. The van der Waals surface area contributed by atoms with Crippen LogP contribution in [0.5, 0.6) is 0 Å². The third-order valence-corrected chi connectivity index (χ3v) is 4.60. The van der Waals surface area contributed by atoms with E-state index in [-0.39, 0.29) is 21.2 Å². The molecule has 1 aliphatic carbocycles. The van der Waals surface area contributed by atoms with Crippen LogP contribution in [0.25, 0.3) is 10.9 Å². The van der Waals surface area contributed by atoms with Gasteiger partial charge < -0.3 is 5.73 Å². The van der Waals surface area contributed by atoms with Crippen molar-refractivity contribution >= 4 is 44.1 Å². The summed E-state index contributed by atoms with van der Waals surface area (Å²) >= 11 is 9.21. The molecule has 2 unspecified atom stereocenters. The molecule has 2 N–H and O–H groups in total. The second kappa shape index (κ2) is 5.54. The second-order valence-electron chi connectivity index (χ2n) is 4.97. The van der Waals surface area contributed by atoms with Crippen molar-refractivity contribution in [3.8, 4) is 0 Å². The number of benzene rings is 1. The zero-order chi connectivity index (χ0) is 16.8. The molecule has 0 fully saturated rings. The molecule has 1 aromatic carbocycles. The summed E-state index contributed by atoms with van der Waals surface area (Å²) in [5.41, 5.74) is 3.92. The number of allylic oxidation sites excluding steroid dienone is 3. The first-order valence-corrected chi connectivity index (χ1v) is 7.64. The number of fused-ring (bicyclic) bond motifs is 1. The largest absolute Gasteiger partial charge is 0.399 e. The molecule has 0 spiro atoms. The molecule has 0 aliphatic heterocycles. The lowest BCUT2D eigenvalue weighted by atomic mass is 9.89. The van der Waals surface area contributed by atoms with Gasteiger partial charge in [0.2, 0.25) is 0 Å². The van der Waals surface area contributed by atoms with Crippen LogP contribution in [0, 0.1) is 10.1 Å². The lowest BCUT2D eigenvalue weighted by Crippen LogP contribution is -2.32. The maximum absolute atomic E-state index is 15.4. The van der Waals surface area contributed by atoms with E-state index in [0.717, 1.165) is 0 Å². The third kappa shape index (κ3) is 2.57. The van der Waals surface area contributed by atoms with Gasteiger partial charge in [-0.2, -0.15) is 0 Å². The summed E-state index contributed by atoms with van der Waals surface area (Å²) in [5, 5.41) is 10.2. The highest BCUT2D eigenvalue weighted by Crippen LogP contribution is 2.41. The van der Waals surface area contributed by atoms with Crippen molar-refractivity contribution in [2.45, 2.75) is 11.0 Å². The van der Waals surface area contributed by atoms with Crippen LogP contribution in [0.3, 0.4) is 0 Å². The van der Waals surface area contributed by atoms with Gasteiger partial charge in [0.15, 0.2) is 5.67 Å². The molecule has 1 aliphatic rings. The second-order valence-corrected chi connectivity index (χ2v) is 6.29. The summed E-state index contributed by atoms with van der Waals surface area (Å²) in [7, 11) is 0. The lowest BCUT2D eigenvalue weighted by molar-refractivity contribution is -0.385. The lowest BCUT2D eigenvalue weighted by Gasteiger charge is -2.28. The topological polar surface area (TPSA) is 94.9 Å². The van der Waals surface area contributed by atoms with Gasteiger partial charge in [-0.15, -0.1) is 11.6 Å². The molecule has 2 aromatic rings. The Morgan fingerprint density at radius 1 is 1.43 bits per heavy atom. The van der Waals surface area contributed by atoms with E-state index < -0.39 is 16.0 Å². The Hall–Kier alpha value is -2.06. The van der Waals surface area contributed by atoms with Gasteiger partial charge in [-0.05, 0) is 40.2 Å². The van der Waals surface area contributed by atoms with Crippen LogP contribution in [0.4, 0.5) is 10.1 Å². The van der Waals surface area contributed by atoms with E-state index in [4.69, 9.17) is 17.3 Å². The molecule has 118 valence electrons. The van der Waals surface area contributed by atoms with Crippen molar-refractivity contribution in [3.63, 3.8) is 0 Å². The number of nitrogens with zero attached hydrogens (tertiary/aromatic N) is 3. The molecule has 1 heterocycles. The molecule has 0 amide bonds. The van der Waals surface area contributed by atoms with Crippen molar-refractivity contribution < 1.29 is 9.31 Å². The predicted molar refractivity (Wildman–Crippen MR) is 87.7 cm³/mol. The van der Waals surface area contributed by atoms with Crippen molar-refractivity contribution in [3.05, 3.63) is 62.7 Å². The van der Waals surface area contributed by atoms with Crippen LogP contribution >= 0.6 is 27.5 Å². The van der Waals surface area contributed by atoms with E-state index in [1.54, 1.807) is 0 Å². The van der Waals surface area contributed by atoms with E-state index >= 15 is 4.39 Å². The van der Waals surface area contributed by atoms with E-state index in [1.165, 1.54) is 36.7 Å². The average molecular weight is 400 g/mol. The number of hydrogen-bond donors (Lipinski definition) is 1. The molecule has 0 radical (unpaired) electrons. The Bertz CT molecular complexity index is 888. The maximum atomic E-state index is 15.4. The number of nitrogens with two attached hydrogens (primary N) is 1. The van der Waals surface area contributed by atoms with Gasteiger partial charge in [0, 0.05) is 17.1 Å². The van der Waals surface area contributed by atoms with Crippen molar-refractivity contribution in [2.75, 3.05) is 0 Å². The van der Waals surface area contributed by atoms with Gasteiger partial charge in [0.25, 0.3) is 5.69 Å². The SMILES string of the molecule is NC1=CC(Cl)C(F)(c2ncnc3cc(Br)c([N+](=O)[O-])cc23)C=C1. The number of alkyl halides is 2. The summed E-state index contributed by atoms with van der Waals surface area (Å²) < 4.78 is 15.7. The summed E-state index contributed by atoms with van der Waals surface area (Å²) in [4.78, 5) is 18.6. The fraction of sp³-hybridized carbons (Fsp3) is 0.143. The van der Waals surface area contributed by atoms with Crippen molar-refractivity contribution in [1.82, 2.24) is 9.97 Å². The summed E-state index contributed by atoms with van der Waals surface area (Å²) in [6.07, 6.45) is 5.15. The highest BCUT2D eigenvalue weighted by Gasteiger charge is 2.41. The minimum absolute atomic E-state index is 0.0434. The predicted octanol–water partition coefficient (Wildman–Crippen LogP) is 3.49. The molecule has 0 saturated carbocycles. The van der Waals surface area contributed by atoms with E-state index in [2.05, 4.69) is 25.9 Å². The first-order valence-electron chi connectivity index (χ1n) is 6.41. The number of aromatic nitrogens is 2. The van der Waals surface area contributed by atoms with E-state index in [9.17, 15) is 10.1 Å². The zero-order valence-electron chi connectivity index (χ0n) is 11.4. The third-order valence-electron chi connectivity index (χ3n) is 3.52. The van der Waals surface area contributed by atoms with Crippen molar-refractivity contribution in [2.24, 2.45) is 5.73 Å². The fourth-order valence-electron chi connectivity index (χ4n) is 2.38. The van der Waals surface area contributed by atoms with E-state index in [0.29, 0.717) is 11.2 Å². The number of rotatable bonds is 2. The van der Waals surface area contributed by atoms with E-state index in [1.807, 2.05) is 0 Å². The van der Waals surface area contributed by atoms with Gasteiger partial charge in [0.1, 0.15) is 6.33 Å². The van der Waals surface area contributed by atoms with Crippen LogP contribution in [-0.4, -0.2) is 20.3 Å². The van der Waals surface area contributed by atoms with Gasteiger partial charge in [-0.3, -0.25) is 10.1 Å². The first-order chi connectivity index (χ1) is 10.8. The highest BCUT2D eigenvalue weighted by atomic mass is 79.9. The summed E-state index contributed by atoms with van der Waals surface area (Å²) in [6.45, 7) is 0. The van der Waals surface area contributed by atoms with Crippen LogP contribution in [0.15, 0.2) is 46.9 Å². The highest BCUT2D eigenvalue weighted by molar-refractivity contribution is 9.10.